The number of para-hydroxylation sites is 1. The van der Waals surface area contributed by atoms with Gasteiger partial charge in [-0.05, 0) is 25.0 Å². The molecule has 0 atom stereocenters. The number of nitrogens with zero attached hydrogens (tertiary/aromatic N) is 2. The van der Waals surface area contributed by atoms with E-state index in [9.17, 15) is 9.90 Å². The van der Waals surface area contributed by atoms with Gasteiger partial charge in [0.1, 0.15) is 5.75 Å². The lowest BCUT2D eigenvalue weighted by Gasteiger charge is -2.23. The molecule has 21 heavy (non-hydrogen) atoms. The van der Waals surface area contributed by atoms with Crippen LogP contribution in [0.25, 0.3) is 0 Å². The van der Waals surface area contributed by atoms with Crippen LogP contribution in [0.15, 0.2) is 36.5 Å². The molecule has 0 bridgehead atoms. The molecule has 1 saturated heterocycles. The molecule has 0 unspecified atom stereocenters. The predicted octanol–water partition coefficient (Wildman–Crippen LogP) is 2.73. The van der Waals surface area contributed by atoms with Gasteiger partial charge in [-0.25, -0.2) is 4.79 Å². The number of carboxylic acid groups (broad SMARTS) is 1. The summed E-state index contributed by atoms with van der Waals surface area (Å²) in [5.41, 5.74) is 0.0887. The average molecular weight is 288 g/mol. The second kappa shape index (κ2) is 5.97. The Labute approximate surface area is 121 Å². The van der Waals surface area contributed by atoms with Crippen LogP contribution in [0.2, 0.25) is 0 Å². The highest BCUT2D eigenvalue weighted by atomic mass is 16.5. The van der Waals surface area contributed by atoms with Gasteiger partial charge in [0.05, 0.1) is 12.2 Å². The van der Waals surface area contributed by atoms with E-state index in [0.717, 1.165) is 12.8 Å². The van der Waals surface area contributed by atoms with Gasteiger partial charge in [0, 0.05) is 13.2 Å². The van der Waals surface area contributed by atoms with Crippen molar-refractivity contribution in [2.45, 2.75) is 18.9 Å². The minimum atomic E-state index is -1.04. The third-order valence-electron chi connectivity index (χ3n) is 3.47. The zero-order valence-electron chi connectivity index (χ0n) is 11.4. The average Bonchev–Trinajstić information content (AvgIpc) is 2.93. The van der Waals surface area contributed by atoms with Crippen molar-refractivity contribution in [2.24, 2.45) is 0 Å². The molecule has 0 radical (unpaired) electrons. The van der Waals surface area contributed by atoms with Crippen molar-refractivity contribution in [1.82, 2.24) is 9.78 Å². The molecule has 1 aromatic heterocycles. The number of aromatic nitrogens is 2. The summed E-state index contributed by atoms with van der Waals surface area (Å²) in [7, 11) is 0. The molecular formula is C15H16N2O4. The number of benzene rings is 1. The lowest BCUT2D eigenvalue weighted by Crippen LogP contribution is -2.23. The highest BCUT2D eigenvalue weighted by molar-refractivity contribution is 5.89. The summed E-state index contributed by atoms with van der Waals surface area (Å²) in [5.74, 6) is -0.184. The lowest BCUT2D eigenvalue weighted by molar-refractivity contribution is 0.0580. The molecule has 6 nitrogen and oxygen atoms in total. The minimum Gasteiger partial charge on any atom is -0.476 e. The van der Waals surface area contributed by atoms with Gasteiger partial charge in [-0.1, -0.05) is 18.2 Å². The molecule has 1 aliphatic heterocycles. The van der Waals surface area contributed by atoms with Gasteiger partial charge < -0.3 is 14.6 Å². The molecule has 1 aromatic carbocycles. The number of rotatable bonds is 4. The van der Waals surface area contributed by atoms with E-state index in [1.165, 1.54) is 6.20 Å². The predicted molar refractivity (Wildman–Crippen MR) is 74.8 cm³/mol. The minimum absolute atomic E-state index is 0.0398. The van der Waals surface area contributed by atoms with Gasteiger partial charge in [-0.15, -0.1) is 0 Å². The summed E-state index contributed by atoms with van der Waals surface area (Å²) in [6, 6.07) is 9.13. The molecular weight excluding hydrogens is 272 g/mol. The number of hydrogen-bond acceptors (Lipinski definition) is 4. The zero-order chi connectivity index (χ0) is 14.7. The van der Waals surface area contributed by atoms with Crippen LogP contribution in [0.5, 0.6) is 11.5 Å². The summed E-state index contributed by atoms with van der Waals surface area (Å²) in [4.78, 5) is 11.6. The zero-order valence-corrected chi connectivity index (χ0v) is 11.4. The molecule has 0 aliphatic carbocycles. The molecule has 1 N–H and O–H groups in total. The van der Waals surface area contributed by atoms with Crippen molar-refractivity contribution in [3.63, 3.8) is 0 Å². The number of carbonyl (C=O) groups is 1. The van der Waals surface area contributed by atoms with Gasteiger partial charge in [0.15, 0.2) is 11.4 Å². The Morgan fingerprint density at radius 3 is 2.67 bits per heavy atom. The van der Waals surface area contributed by atoms with E-state index >= 15 is 0 Å². The van der Waals surface area contributed by atoms with E-state index in [0.29, 0.717) is 19.0 Å². The van der Waals surface area contributed by atoms with Crippen LogP contribution >= 0.6 is 0 Å². The summed E-state index contributed by atoms with van der Waals surface area (Å²) >= 11 is 0. The first kappa shape index (κ1) is 13.6. The first-order valence-electron chi connectivity index (χ1n) is 6.87. The van der Waals surface area contributed by atoms with Crippen LogP contribution in [0.4, 0.5) is 0 Å². The maximum atomic E-state index is 11.6. The van der Waals surface area contributed by atoms with Crippen LogP contribution in [-0.4, -0.2) is 34.1 Å². The first-order valence-corrected chi connectivity index (χ1v) is 6.87. The summed E-state index contributed by atoms with van der Waals surface area (Å²) in [5, 5.41) is 13.7. The number of ether oxygens (including phenoxy) is 2. The van der Waals surface area contributed by atoms with Crippen molar-refractivity contribution in [3.05, 3.63) is 42.2 Å². The van der Waals surface area contributed by atoms with Crippen molar-refractivity contribution in [2.75, 3.05) is 13.2 Å². The third kappa shape index (κ3) is 2.90. The molecule has 6 heteroatoms. The Bertz CT molecular complexity index is 618. The van der Waals surface area contributed by atoms with Gasteiger partial charge in [-0.2, -0.15) is 5.10 Å². The molecule has 2 heterocycles. The van der Waals surface area contributed by atoms with Crippen molar-refractivity contribution in [3.8, 4) is 11.5 Å². The van der Waals surface area contributed by atoms with Gasteiger partial charge in [0.2, 0.25) is 0 Å². The second-order valence-electron chi connectivity index (χ2n) is 4.87. The van der Waals surface area contributed by atoms with E-state index in [2.05, 4.69) is 5.10 Å². The van der Waals surface area contributed by atoms with Crippen LogP contribution in [0, 0.1) is 0 Å². The van der Waals surface area contributed by atoms with Crippen LogP contribution in [-0.2, 0) is 4.74 Å². The Hall–Kier alpha value is -2.34. The molecule has 1 fully saturated rings. The highest BCUT2D eigenvalue weighted by Gasteiger charge is 2.26. The first-order chi connectivity index (χ1) is 10.3. The smallest absolute Gasteiger partial charge is 0.358 e. The molecule has 1 aliphatic rings. The van der Waals surface area contributed by atoms with Gasteiger partial charge in [-0.3, -0.25) is 4.68 Å². The van der Waals surface area contributed by atoms with E-state index in [-0.39, 0.29) is 17.5 Å². The number of aromatic carboxylic acids is 1. The van der Waals surface area contributed by atoms with E-state index in [4.69, 9.17) is 9.47 Å². The Morgan fingerprint density at radius 1 is 1.29 bits per heavy atom. The van der Waals surface area contributed by atoms with E-state index < -0.39 is 5.97 Å². The molecule has 3 rings (SSSR count). The fraction of sp³-hybridized carbons (Fsp3) is 0.333. The highest BCUT2D eigenvalue weighted by Crippen LogP contribution is 2.30. The Balaban J connectivity index is 1.90. The van der Waals surface area contributed by atoms with Gasteiger partial charge >= 0.3 is 5.97 Å². The molecule has 110 valence electrons. The maximum absolute atomic E-state index is 11.6. The van der Waals surface area contributed by atoms with Crippen LogP contribution < -0.4 is 4.74 Å². The largest absolute Gasteiger partial charge is 0.476 e. The molecule has 0 spiro atoms. The summed E-state index contributed by atoms with van der Waals surface area (Å²) in [6.07, 6.45) is 2.98. The van der Waals surface area contributed by atoms with E-state index in [1.54, 1.807) is 16.8 Å². The monoisotopic (exact) mass is 288 g/mol. The fourth-order valence-corrected chi connectivity index (χ4v) is 2.45. The van der Waals surface area contributed by atoms with Gasteiger partial charge in [0.25, 0.3) is 0 Å². The van der Waals surface area contributed by atoms with E-state index in [1.807, 2.05) is 18.2 Å². The van der Waals surface area contributed by atoms with Crippen LogP contribution in [0.1, 0.15) is 29.4 Å². The van der Waals surface area contributed by atoms with Crippen molar-refractivity contribution in [1.29, 1.82) is 0 Å². The summed E-state index contributed by atoms with van der Waals surface area (Å²) < 4.78 is 12.5. The molecule has 0 saturated carbocycles. The molecule has 2 aromatic rings. The SMILES string of the molecule is O=C(O)c1c(Oc2ccccc2)cnn1C1CCOCC1. The maximum Gasteiger partial charge on any atom is 0.358 e. The topological polar surface area (TPSA) is 73.6 Å². The second-order valence-corrected chi connectivity index (χ2v) is 4.87. The third-order valence-corrected chi connectivity index (χ3v) is 3.47. The number of carboxylic acids is 1. The van der Waals surface area contributed by atoms with Crippen molar-refractivity contribution >= 4 is 5.97 Å². The quantitative estimate of drug-likeness (QED) is 0.936. The lowest BCUT2D eigenvalue weighted by atomic mass is 10.1. The van der Waals surface area contributed by atoms with Crippen LogP contribution in [0.3, 0.4) is 0 Å². The van der Waals surface area contributed by atoms with Crippen molar-refractivity contribution < 1.29 is 19.4 Å². The standard InChI is InChI=1S/C15H16N2O4/c18-15(19)14-13(21-12-4-2-1-3-5-12)10-16-17(14)11-6-8-20-9-7-11/h1-5,10-11H,6-9H2,(H,18,19). The molecule has 0 amide bonds. The number of hydrogen-bond donors (Lipinski definition) is 1. The Kier molecular flexibility index (Phi) is 3.87. The summed E-state index contributed by atoms with van der Waals surface area (Å²) in [6.45, 7) is 1.25. The fourth-order valence-electron chi connectivity index (χ4n) is 2.45. The Morgan fingerprint density at radius 2 is 2.00 bits per heavy atom. The normalized spacial score (nSPS) is 15.8.